The zero-order valence-electron chi connectivity index (χ0n) is 12.8. The molecule has 0 saturated heterocycles. The average molecular weight is 300 g/mol. The lowest BCUT2D eigenvalue weighted by Crippen LogP contribution is -2.52. The molecule has 3 atom stereocenters. The monoisotopic (exact) mass is 300 g/mol. The Balaban J connectivity index is 2.49. The average Bonchev–Trinajstić information content (AvgIpc) is 2.38. The molecule has 1 fully saturated rings. The number of Topliss-reactive ketones (excluding diaryl/α,β-unsaturated/α-hetero) is 1. The van der Waals surface area contributed by atoms with Gasteiger partial charge in [0.2, 0.25) is 0 Å². The third kappa shape index (κ3) is 6.11. The number of carboxylic acids is 1. The van der Waals surface area contributed by atoms with E-state index in [1.54, 1.807) is 6.92 Å². The van der Waals surface area contributed by atoms with Crippen molar-refractivity contribution < 1.29 is 19.8 Å². The van der Waals surface area contributed by atoms with Crippen molar-refractivity contribution in [1.82, 2.24) is 0 Å². The van der Waals surface area contributed by atoms with Gasteiger partial charge in [0, 0.05) is 12.0 Å². The van der Waals surface area contributed by atoms with E-state index in [0.717, 1.165) is 12.8 Å². The van der Waals surface area contributed by atoms with Crippen molar-refractivity contribution in [2.75, 3.05) is 0 Å². The van der Waals surface area contributed by atoms with Crippen molar-refractivity contribution in [2.24, 2.45) is 17.4 Å². The Morgan fingerprint density at radius 3 is 2.38 bits per heavy atom. The zero-order valence-corrected chi connectivity index (χ0v) is 12.8. The van der Waals surface area contributed by atoms with Crippen LogP contribution in [0, 0.1) is 5.92 Å². The molecule has 3 unspecified atom stereocenters. The summed E-state index contributed by atoms with van der Waals surface area (Å²) in [5.41, 5.74) is 10.6. The van der Waals surface area contributed by atoms with Crippen LogP contribution in [-0.4, -0.2) is 39.7 Å². The maximum absolute atomic E-state index is 11.9. The summed E-state index contributed by atoms with van der Waals surface area (Å²) >= 11 is 0. The van der Waals surface area contributed by atoms with Crippen molar-refractivity contribution in [1.29, 1.82) is 0 Å². The number of nitrogens with two attached hydrogens (primary N) is 2. The number of carboxylic acid groups (broad SMARTS) is 1. The maximum atomic E-state index is 11.9. The molecule has 6 nitrogen and oxygen atoms in total. The summed E-state index contributed by atoms with van der Waals surface area (Å²) in [7, 11) is 0. The molecule has 0 bridgehead atoms. The van der Waals surface area contributed by atoms with E-state index >= 15 is 0 Å². The number of aliphatic carboxylic acids is 1. The first-order valence-electron chi connectivity index (χ1n) is 7.69. The normalized spacial score (nSPS) is 22.3. The number of hydrogen-bond donors (Lipinski definition) is 4. The van der Waals surface area contributed by atoms with E-state index in [9.17, 15) is 14.7 Å². The van der Waals surface area contributed by atoms with Crippen LogP contribution in [0.15, 0.2) is 0 Å². The van der Waals surface area contributed by atoms with Crippen LogP contribution in [0.4, 0.5) is 0 Å². The molecule has 0 aromatic heterocycles. The summed E-state index contributed by atoms with van der Waals surface area (Å²) in [5, 5.41) is 19.0. The highest BCUT2D eigenvalue weighted by Crippen LogP contribution is 2.30. The second-order valence-corrected chi connectivity index (χ2v) is 6.61. The molecule has 1 aliphatic carbocycles. The Hall–Kier alpha value is -0.980. The fourth-order valence-electron chi connectivity index (χ4n) is 2.93. The molecule has 0 amide bonds. The molecule has 1 rings (SSSR count). The molecule has 6 heteroatoms. The number of aliphatic hydroxyl groups is 1. The lowest BCUT2D eigenvalue weighted by Gasteiger charge is -2.34. The summed E-state index contributed by atoms with van der Waals surface area (Å²) in [6, 6.07) is -1.06. The molecule has 0 spiro atoms. The third-order valence-electron chi connectivity index (χ3n) is 4.41. The van der Waals surface area contributed by atoms with Crippen LogP contribution in [-0.2, 0) is 9.59 Å². The van der Waals surface area contributed by atoms with Gasteiger partial charge in [0.25, 0.3) is 0 Å². The zero-order chi connectivity index (χ0) is 16.0. The van der Waals surface area contributed by atoms with E-state index in [1.807, 2.05) is 0 Å². The largest absolute Gasteiger partial charge is 0.481 e. The standard InChI is InChI=1S/C15H28N2O4/c1-15(17,9-12(18)11(16)8-14(20)21)13(19)7-10-5-3-2-4-6-10/h10-11,13,19H,2-9,16-17H2,1H3,(H,20,21). The Kier molecular flexibility index (Phi) is 6.77. The Bertz CT molecular complexity index is 365. The molecule has 0 radical (unpaired) electrons. The first kappa shape index (κ1) is 18.1. The van der Waals surface area contributed by atoms with Crippen LogP contribution < -0.4 is 11.5 Å². The molecule has 21 heavy (non-hydrogen) atoms. The van der Waals surface area contributed by atoms with Gasteiger partial charge in [0.15, 0.2) is 5.78 Å². The summed E-state index contributed by atoms with van der Waals surface area (Å²) in [5.74, 6) is -1.07. The van der Waals surface area contributed by atoms with Gasteiger partial charge in [-0.15, -0.1) is 0 Å². The Labute approximate surface area is 125 Å². The molecule has 6 N–H and O–H groups in total. The topological polar surface area (TPSA) is 127 Å². The van der Waals surface area contributed by atoms with Gasteiger partial charge in [-0.3, -0.25) is 9.59 Å². The van der Waals surface area contributed by atoms with Gasteiger partial charge in [0.05, 0.1) is 18.6 Å². The fourth-order valence-corrected chi connectivity index (χ4v) is 2.93. The van der Waals surface area contributed by atoms with Crippen molar-refractivity contribution in [2.45, 2.75) is 76.0 Å². The first-order valence-corrected chi connectivity index (χ1v) is 7.69. The van der Waals surface area contributed by atoms with Crippen molar-refractivity contribution in [3.8, 4) is 0 Å². The quantitative estimate of drug-likeness (QED) is 0.525. The van der Waals surface area contributed by atoms with Crippen LogP contribution >= 0.6 is 0 Å². The molecule has 1 saturated carbocycles. The van der Waals surface area contributed by atoms with Crippen LogP contribution in [0.25, 0.3) is 0 Å². The predicted molar refractivity (Wildman–Crippen MR) is 79.6 cm³/mol. The SMILES string of the molecule is CC(N)(CC(=O)C(N)CC(=O)O)C(O)CC1CCCCC1. The van der Waals surface area contributed by atoms with E-state index in [-0.39, 0.29) is 6.42 Å². The maximum Gasteiger partial charge on any atom is 0.305 e. The number of carbonyl (C=O) groups excluding carboxylic acids is 1. The molecule has 0 aromatic rings. The second-order valence-electron chi connectivity index (χ2n) is 6.61. The minimum Gasteiger partial charge on any atom is -0.481 e. The minimum atomic E-state index is -1.11. The number of rotatable bonds is 8. The van der Waals surface area contributed by atoms with E-state index in [2.05, 4.69) is 0 Å². The predicted octanol–water partition coefficient (Wildman–Crippen LogP) is 0.796. The van der Waals surface area contributed by atoms with Crippen LogP contribution in [0.2, 0.25) is 0 Å². The van der Waals surface area contributed by atoms with Gasteiger partial charge in [-0.05, 0) is 19.3 Å². The third-order valence-corrected chi connectivity index (χ3v) is 4.41. The minimum absolute atomic E-state index is 0.102. The van der Waals surface area contributed by atoms with E-state index in [4.69, 9.17) is 16.6 Å². The van der Waals surface area contributed by atoms with Crippen LogP contribution in [0.1, 0.15) is 58.3 Å². The summed E-state index contributed by atoms with van der Waals surface area (Å²) in [6.07, 6.45) is 5.11. The fraction of sp³-hybridized carbons (Fsp3) is 0.867. The van der Waals surface area contributed by atoms with Crippen molar-refractivity contribution in [3.63, 3.8) is 0 Å². The van der Waals surface area contributed by atoms with E-state index in [0.29, 0.717) is 12.3 Å². The highest BCUT2D eigenvalue weighted by atomic mass is 16.4. The summed E-state index contributed by atoms with van der Waals surface area (Å²) in [6.45, 7) is 1.63. The molecule has 0 aromatic carbocycles. The number of hydrogen-bond acceptors (Lipinski definition) is 5. The van der Waals surface area contributed by atoms with Crippen LogP contribution in [0.5, 0.6) is 0 Å². The number of aliphatic hydroxyl groups excluding tert-OH is 1. The van der Waals surface area contributed by atoms with E-state index in [1.165, 1.54) is 19.3 Å². The van der Waals surface area contributed by atoms with Crippen LogP contribution in [0.3, 0.4) is 0 Å². The first-order chi connectivity index (χ1) is 9.72. The van der Waals surface area contributed by atoms with Gasteiger partial charge in [0.1, 0.15) is 0 Å². The van der Waals surface area contributed by atoms with Gasteiger partial charge < -0.3 is 21.7 Å². The highest BCUT2D eigenvalue weighted by Gasteiger charge is 2.34. The molecule has 0 aliphatic heterocycles. The summed E-state index contributed by atoms with van der Waals surface area (Å²) in [4.78, 5) is 22.5. The summed E-state index contributed by atoms with van der Waals surface area (Å²) < 4.78 is 0. The molecular weight excluding hydrogens is 272 g/mol. The van der Waals surface area contributed by atoms with Gasteiger partial charge >= 0.3 is 5.97 Å². The molecule has 0 heterocycles. The smallest absolute Gasteiger partial charge is 0.305 e. The highest BCUT2D eigenvalue weighted by molar-refractivity contribution is 5.88. The van der Waals surface area contributed by atoms with Crippen molar-refractivity contribution >= 4 is 11.8 Å². The lowest BCUT2D eigenvalue weighted by atomic mass is 9.79. The molecule has 122 valence electrons. The van der Waals surface area contributed by atoms with Gasteiger partial charge in [-0.2, -0.15) is 0 Å². The van der Waals surface area contributed by atoms with Crippen molar-refractivity contribution in [3.05, 3.63) is 0 Å². The van der Waals surface area contributed by atoms with E-state index < -0.39 is 35.9 Å². The number of ketones is 1. The Morgan fingerprint density at radius 2 is 1.86 bits per heavy atom. The molecular formula is C15H28N2O4. The Morgan fingerprint density at radius 1 is 1.29 bits per heavy atom. The van der Waals surface area contributed by atoms with Gasteiger partial charge in [-0.1, -0.05) is 32.1 Å². The van der Waals surface area contributed by atoms with Gasteiger partial charge in [-0.25, -0.2) is 0 Å². The number of carbonyl (C=O) groups is 2. The lowest BCUT2D eigenvalue weighted by molar-refractivity contribution is -0.139. The second kappa shape index (κ2) is 7.87. The molecule has 1 aliphatic rings.